The van der Waals surface area contributed by atoms with Crippen LogP contribution in [0.2, 0.25) is 0 Å². The maximum atomic E-state index is 13.1. The first-order valence-electron chi connectivity index (χ1n) is 10.1. The van der Waals surface area contributed by atoms with Crippen LogP contribution in [-0.2, 0) is 0 Å². The van der Waals surface area contributed by atoms with Gasteiger partial charge >= 0.3 is 6.03 Å². The van der Waals surface area contributed by atoms with Crippen LogP contribution in [-0.4, -0.2) is 45.8 Å². The van der Waals surface area contributed by atoms with E-state index in [4.69, 9.17) is 4.74 Å². The van der Waals surface area contributed by atoms with Crippen molar-refractivity contribution in [1.82, 2.24) is 20.1 Å². The minimum Gasteiger partial charge on any atom is -0.492 e. The van der Waals surface area contributed by atoms with Gasteiger partial charge in [0.15, 0.2) is 5.82 Å². The summed E-state index contributed by atoms with van der Waals surface area (Å²) in [5, 5.41) is 10.2. The van der Waals surface area contributed by atoms with Gasteiger partial charge in [0.25, 0.3) is 0 Å². The average Bonchev–Trinajstić information content (AvgIpc) is 3.26. The molecule has 1 aliphatic rings. The summed E-state index contributed by atoms with van der Waals surface area (Å²) in [5.74, 6) is 1.93. The van der Waals surface area contributed by atoms with Crippen molar-refractivity contribution in [3.05, 3.63) is 60.2 Å². The summed E-state index contributed by atoms with van der Waals surface area (Å²) in [4.78, 5) is 19.1. The van der Waals surface area contributed by atoms with E-state index in [1.165, 1.54) is 12.1 Å². The smallest absolute Gasteiger partial charge is 0.321 e. The summed E-state index contributed by atoms with van der Waals surface area (Å²) in [5.41, 5.74) is 1.44. The number of hydrogen-bond acceptors (Lipinski definition) is 4. The van der Waals surface area contributed by atoms with Crippen LogP contribution in [0.5, 0.6) is 5.75 Å². The number of aromatic nitrogens is 3. The van der Waals surface area contributed by atoms with Crippen molar-refractivity contribution < 1.29 is 13.9 Å². The Kier molecular flexibility index (Phi) is 5.92. The summed E-state index contributed by atoms with van der Waals surface area (Å²) in [6.45, 7) is 3.70. The van der Waals surface area contributed by atoms with Crippen molar-refractivity contribution >= 4 is 11.7 Å². The minimum atomic E-state index is -0.288. The summed E-state index contributed by atoms with van der Waals surface area (Å²) < 4.78 is 18.7. The van der Waals surface area contributed by atoms with E-state index in [1.54, 1.807) is 17.0 Å². The third-order valence-corrected chi connectivity index (χ3v) is 5.20. The Balaban J connectivity index is 1.35. The Morgan fingerprint density at radius 1 is 1.20 bits per heavy atom. The number of aromatic amines is 1. The highest BCUT2D eigenvalue weighted by Crippen LogP contribution is 2.28. The van der Waals surface area contributed by atoms with E-state index in [1.807, 2.05) is 31.2 Å². The predicted octanol–water partition coefficient (Wildman–Crippen LogP) is 4.42. The van der Waals surface area contributed by atoms with Crippen LogP contribution in [0, 0.1) is 5.82 Å². The highest BCUT2D eigenvalue weighted by atomic mass is 19.1. The molecule has 0 saturated carbocycles. The lowest BCUT2D eigenvalue weighted by molar-refractivity contribution is 0.193. The first-order valence-corrected chi connectivity index (χ1v) is 10.1. The molecule has 2 aromatic carbocycles. The Hall–Kier alpha value is -3.42. The Bertz CT molecular complexity index is 997. The molecule has 0 unspecified atom stereocenters. The fourth-order valence-corrected chi connectivity index (χ4v) is 3.59. The van der Waals surface area contributed by atoms with Gasteiger partial charge < -0.3 is 15.0 Å². The molecule has 1 saturated heterocycles. The van der Waals surface area contributed by atoms with E-state index in [-0.39, 0.29) is 17.8 Å². The van der Waals surface area contributed by atoms with E-state index >= 15 is 0 Å². The topological polar surface area (TPSA) is 83.1 Å². The highest BCUT2D eigenvalue weighted by Gasteiger charge is 2.26. The lowest BCUT2D eigenvalue weighted by atomic mass is 9.96. The maximum absolute atomic E-state index is 13.1. The van der Waals surface area contributed by atoms with Crippen LogP contribution in [0.1, 0.15) is 31.5 Å². The molecule has 3 aromatic rings. The average molecular weight is 409 g/mol. The summed E-state index contributed by atoms with van der Waals surface area (Å²) in [6, 6.07) is 13.4. The highest BCUT2D eigenvalue weighted by molar-refractivity contribution is 5.91. The monoisotopic (exact) mass is 409 g/mol. The predicted molar refractivity (Wildman–Crippen MR) is 112 cm³/mol. The minimum absolute atomic E-state index is 0.134. The maximum Gasteiger partial charge on any atom is 0.321 e. The van der Waals surface area contributed by atoms with E-state index in [9.17, 15) is 9.18 Å². The number of nitrogens with one attached hydrogen (secondary N) is 2. The van der Waals surface area contributed by atoms with Crippen LogP contribution in [0.3, 0.4) is 0 Å². The summed E-state index contributed by atoms with van der Waals surface area (Å²) in [7, 11) is 0. The van der Waals surface area contributed by atoms with Crippen LogP contribution >= 0.6 is 0 Å². The standard InChI is InChI=1S/C22H24FN5O2/c1-2-30-19-6-4-3-5-18(19)24-22(29)28-13-11-16(12-14-28)21-25-20(26-27-21)15-7-9-17(23)10-8-15/h3-10,16H,2,11-14H2,1H3,(H,24,29)(H,25,26,27). The van der Waals surface area contributed by atoms with Crippen molar-refractivity contribution in [1.29, 1.82) is 0 Å². The second-order valence-electron chi connectivity index (χ2n) is 7.17. The molecule has 8 heteroatoms. The van der Waals surface area contributed by atoms with Crippen LogP contribution in [0.15, 0.2) is 48.5 Å². The van der Waals surface area contributed by atoms with Crippen LogP contribution < -0.4 is 10.1 Å². The molecular formula is C22H24FN5O2. The fraction of sp³-hybridized carbons (Fsp3) is 0.318. The van der Waals surface area contributed by atoms with Crippen LogP contribution in [0.25, 0.3) is 11.4 Å². The number of anilines is 1. The zero-order chi connectivity index (χ0) is 20.9. The van der Waals surface area contributed by atoms with Crippen molar-refractivity contribution in [2.24, 2.45) is 0 Å². The van der Waals surface area contributed by atoms with Gasteiger partial charge in [0.05, 0.1) is 12.3 Å². The molecule has 2 N–H and O–H groups in total. The Morgan fingerprint density at radius 3 is 2.67 bits per heavy atom. The normalized spacial score (nSPS) is 14.5. The molecule has 156 valence electrons. The first kappa shape index (κ1) is 19.9. The Labute approximate surface area is 174 Å². The molecule has 0 spiro atoms. The third-order valence-electron chi connectivity index (χ3n) is 5.20. The van der Waals surface area contributed by atoms with Gasteiger partial charge in [0.1, 0.15) is 17.4 Å². The molecule has 1 fully saturated rings. The lowest BCUT2D eigenvalue weighted by Gasteiger charge is -2.31. The van der Waals surface area contributed by atoms with E-state index in [0.29, 0.717) is 37.0 Å². The number of nitrogens with zero attached hydrogens (tertiary/aromatic N) is 3. The number of likely N-dealkylation sites (tertiary alicyclic amines) is 1. The molecule has 0 aliphatic carbocycles. The number of halogens is 1. The molecule has 7 nitrogen and oxygen atoms in total. The molecular weight excluding hydrogens is 385 g/mol. The Morgan fingerprint density at radius 2 is 1.93 bits per heavy atom. The first-order chi connectivity index (χ1) is 14.6. The second-order valence-corrected chi connectivity index (χ2v) is 7.17. The molecule has 2 heterocycles. The van der Waals surface area contributed by atoms with Gasteiger partial charge in [-0.1, -0.05) is 12.1 Å². The molecule has 30 heavy (non-hydrogen) atoms. The van der Waals surface area contributed by atoms with Crippen molar-refractivity contribution in [3.8, 4) is 17.1 Å². The van der Waals surface area contributed by atoms with Gasteiger partial charge in [0.2, 0.25) is 0 Å². The number of amides is 2. The van der Waals surface area contributed by atoms with Gasteiger partial charge in [-0.2, -0.15) is 5.10 Å². The van der Waals surface area contributed by atoms with Crippen LogP contribution in [0.4, 0.5) is 14.9 Å². The zero-order valence-electron chi connectivity index (χ0n) is 16.8. The van der Waals surface area contributed by atoms with E-state index in [2.05, 4.69) is 20.5 Å². The fourth-order valence-electron chi connectivity index (χ4n) is 3.59. The number of para-hydroxylation sites is 2. The third kappa shape index (κ3) is 4.42. The molecule has 0 bridgehead atoms. The molecule has 1 aliphatic heterocycles. The number of piperidine rings is 1. The largest absolute Gasteiger partial charge is 0.492 e. The molecule has 0 radical (unpaired) electrons. The van der Waals surface area contributed by atoms with Gasteiger partial charge in [-0.3, -0.25) is 5.10 Å². The van der Waals surface area contributed by atoms with Gasteiger partial charge in [0, 0.05) is 24.6 Å². The van der Waals surface area contributed by atoms with E-state index < -0.39 is 0 Å². The summed E-state index contributed by atoms with van der Waals surface area (Å²) >= 11 is 0. The number of ether oxygens (including phenoxy) is 1. The van der Waals surface area contributed by atoms with Crippen molar-refractivity contribution in [2.75, 3.05) is 25.0 Å². The van der Waals surface area contributed by atoms with E-state index in [0.717, 1.165) is 24.2 Å². The number of rotatable bonds is 5. The van der Waals surface area contributed by atoms with Crippen molar-refractivity contribution in [3.63, 3.8) is 0 Å². The number of carbonyl (C=O) groups excluding carboxylic acids is 1. The molecule has 4 rings (SSSR count). The number of urea groups is 1. The SMILES string of the molecule is CCOc1ccccc1NC(=O)N1CCC(c2nc(-c3ccc(F)cc3)n[nH]2)CC1. The molecule has 1 aromatic heterocycles. The second kappa shape index (κ2) is 8.94. The molecule has 0 atom stereocenters. The number of carbonyl (C=O) groups is 1. The lowest BCUT2D eigenvalue weighted by Crippen LogP contribution is -2.40. The van der Waals surface area contributed by atoms with Gasteiger partial charge in [-0.15, -0.1) is 0 Å². The van der Waals surface area contributed by atoms with Gasteiger partial charge in [-0.05, 0) is 56.2 Å². The summed E-state index contributed by atoms with van der Waals surface area (Å²) in [6.07, 6.45) is 1.58. The molecule has 2 amide bonds. The number of hydrogen-bond donors (Lipinski definition) is 2. The van der Waals surface area contributed by atoms with Gasteiger partial charge in [-0.25, -0.2) is 14.2 Å². The van der Waals surface area contributed by atoms with Crippen molar-refractivity contribution in [2.45, 2.75) is 25.7 Å². The number of H-pyrrole nitrogens is 1. The zero-order valence-corrected chi connectivity index (χ0v) is 16.8. The quantitative estimate of drug-likeness (QED) is 0.653. The number of benzene rings is 2.